The monoisotopic (exact) mass is 362 g/mol. The summed E-state index contributed by atoms with van der Waals surface area (Å²) in [7, 11) is 0. The Kier molecular flexibility index (Phi) is 4.75. The molecule has 1 aromatic heterocycles. The number of hydrogen-bond acceptors (Lipinski definition) is 2. The Hall–Kier alpha value is -2.59. The van der Waals surface area contributed by atoms with Crippen LogP contribution in [-0.2, 0) is 4.74 Å². The van der Waals surface area contributed by atoms with E-state index in [4.69, 9.17) is 4.74 Å². The maximum absolute atomic E-state index is 13.2. The van der Waals surface area contributed by atoms with Crippen molar-refractivity contribution in [1.29, 1.82) is 0 Å². The van der Waals surface area contributed by atoms with Crippen LogP contribution in [0, 0.1) is 6.92 Å². The van der Waals surface area contributed by atoms with Gasteiger partial charge in [0.25, 0.3) is 5.91 Å². The third kappa shape index (κ3) is 3.15. The Bertz CT molecular complexity index is 973. The summed E-state index contributed by atoms with van der Waals surface area (Å²) in [5.74, 6) is 0.116. The van der Waals surface area contributed by atoms with E-state index in [0.29, 0.717) is 13.2 Å². The fourth-order valence-corrected chi connectivity index (χ4v) is 4.12. The molecule has 140 valence electrons. The summed E-state index contributed by atoms with van der Waals surface area (Å²) >= 11 is 0. The molecule has 1 aliphatic rings. The number of fused-ring (bicyclic) bond motifs is 2. The second kappa shape index (κ2) is 7.20. The summed E-state index contributed by atoms with van der Waals surface area (Å²) in [6.07, 6.45) is 1.04. The molecular formula is C23H26N2O2. The second-order valence-electron chi connectivity index (χ2n) is 7.47. The third-order valence-electron chi connectivity index (χ3n) is 5.27. The fourth-order valence-electron chi connectivity index (χ4n) is 4.12. The first-order chi connectivity index (χ1) is 13.1. The molecule has 27 heavy (non-hydrogen) atoms. The predicted octanol–water partition coefficient (Wildman–Crippen LogP) is 4.84. The molecule has 1 atom stereocenters. The van der Waals surface area contributed by atoms with E-state index >= 15 is 0 Å². The Morgan fingerprint density at radius 1 is 1.11 bits per heavy atom. The van der Waals surface area contributed by atoms with E-state index in [9.17, 15) is 4.79 Å². The van der Waals surface area contributed by atoms with Gasteiger partial charge in [0, 0.05) is 40.9 Å². The summed E-state index contributed by atoms with van der Waals surface area (Å²) in [5.41, 5.74) is 5.35. The molecule has 1 unspecified atom stereocenters. The topological polar surface area (TPSA) is 45.3 Å². The van der Waals surface area contributed by atoms with Gasteiger partial charge in [0.2, 0.25) is 0 Å². The van der Waals surface area contributed by atoms with Crippen LogP contribution >= 0.6 is 0 Å². The van der Waals surface area contributed by atoms with Crippen LogP contribution in [0.5, 0.6) is 0 Å². The Morgan fingerprint density at radius 3 is 2.67 bits per heavy atom. The molecule has 0 radical (unpaired) electrons. The summed E-state index contributed by atoms with van der Waals surface area (Å²) in [4.78, 5) is 18.7. The number of aromatic amines is 1. The SMILES string of the molecule is Cc1[nH]c2ccccc2c1C1c2ccccc2C(=O)N1CCCOC(C)C. The van der Waals surface area contributed by atoms with Crippen LogP contribution in [0.4, 0.5) is 0 Å². The number of nitrogens with one attached hydrogen (secondary N) is 1. The number of benzene rings is 2. The molecule has 0 aliphatic carbocycles. The van der Waals surface area contributed by atoms with E-state index in [-0.39, 0.29) is 18.1 Å². The fraction of sp³-hybridized carbons (Fsp3) is 0.348. The first kappa shape index (κ1) is 17.8. The number of nitrogens with zero attached hydrogens (tertiary/aromatic N) is 1. The first-order valence-corrected chi connectivity index (χ1v) is 9.66. The maximum atomic E-state index is 13.2. The smallest absolute Gasteiger partial charge is 0.255 e. The quantitative estimate of drug-likeness (QED) is 0.638. The normalized spacial score (nSPS) is 16.5. The molecular weight excluding hydrogens is 336 g/mol. The number of H-pyrrole nitrogens is 1. The number of rotatable bonds is 6. The number of aromatic nitrogens is 1. The highest BCUT2D eigenvalue weighted by atomic mass is 16.5. The zero-order valence-electron chi connectivity index (χ0n) is 16.2. The van der Waals surface area contributed by atoms with Crippen molar-refractivity contribution in [2.24, 2.45) is 0 Å². The summed E-state index contributed by atoms with van der Waals surface area (Å²) in [5, 5.41) is 1.19. The van der Waals surface area contributed by atoms with Crippen molar-refractivity contribution in [3.05, 3.63) is 70.9 Å². The van der Waals surface area contributed by atoms with E-state index < -0.39 is 0 Å². The molecule has 2 heterocycles. The summed E-state index contributed by atoms with van der Waals surface area (Å²) in [6, 6.07) is 16.3. The van der Waals surface area contributed by atoms with Crippen LogP contribution in [0.3, 0.4) is 0 Å². The maximum Gasteiger partial charge on any atom is 0.255 e. The number of aryl methyl sites for hydroxylation is 1. The second-order valence-corrected chi connectivity index (χ2v) is 7.47. The van der Waals surface area contributed by atoms with Gasteiger partial charge in [-0.15, -0.1) is 0 Å². The highest BCUT2D eigenvalue weighted by molar-refractivity contribution is 6.01. The zero-order chi connectivity index (χ0) is 19.0. The van der Waals surface area contributed by atoms with E-state index in [1.54, 1.807) is 0 Å². The van der Waals surface area contributed by atoms with Gasteiger partial charge in [0.05, 0.1) is 12.1 Å². The lowest BCUT2D eigenvalue weighted by Gasteiger charge is -2.26. The van der Waals surface area contributed by atoms with E-state index in [0.717, 1.165) is 28.8 Å². The lowest BCUT2D eigenvalue weighted by molar-refractivity contribution is 0.0605. The van der Waals surface area contributed by atoms with Gasteiger partial charge in [-0.3, -0.25) is 4.79 Å². The number of carbonyl (C=O) groups is 1. The summed E-state index contributed by atoms with van der Waals surface area (Å²) < 4.78 is 5.69. The van der Waals surface area contributed by atoms with Gasteiger partial charge in [0.1, 0.15) is 0 Å². The van der Waals surface area contributed by atoms with Crippen molar-refractivity contribution in [1.82, 2.24) is 9.88 Å². The molecule has 2 aromatic carbocycles. The molecule has 0 saturated heterocycles. The molecule has 0 bridgehead atoms. The molecule has 0 fully saturated rings. The van der Waals surface area contributed by atoms with Crippen molar-refractivity contribution in [3.63, 3.8) is 0 Å². The molecule has 0 spiro atoms. The lowest BCUT2D eigenvalue weighted by atomic mass is 9.95. The molecule has 4 rings (SSSR count). The standard InChI is InChI=1S/C23H26N2O2/c1-15(2)27-14-8-13-25-22(17-9-4-5-10-18(17)23(25)26)21-16(3)24-20-12-7-6-11-19(20)21/h4-7,9-12,15,22,24H,8,13-14H2,1-3H3. The zero-order valence-corrected chi connectivity index (χ0v) is 16.2. The Balaban J connectivity index is 1.74. The van der Waals surface area contributed by atoms with E-state index in [2.05, 4.69) is 36.2 Å². The number of ether oxygens (including phenoxy) is 1. The van der Waals surface area contributed by atoms with Crippen molar-refractivity contribution < 1.29 is 9.53 Å². The minimum atomic E-state index is -0.0519. The van der Waals surface area contributed by atoms with Gasteiger partial charge in [-0.1, -0.05) is 36.4 Å². The predicted molar refractivity (Wildman–Crippen MR) is 108 cm³/mol. The van der Waals surface area contributed by atoms with Crippen LogP contribution in [0.2, 0.25) is 0 Å². The average Bonchev–Trinajstić information content (AvgIpc) is 3.12. The lowest BCUT2D eigenvalue weighted by Crippen LogP contribution is -2.31. The number of para-hydroxylation sites is 1. The van der Waals surface area contributed by atoms with Crippen molar-refractivity contribution >= 4 is 16.8 Å². The van der Waals surface area contributed by atoms with E-state index in [1.807, 2.05) is 43.0 Å². The minimum absolute atomic E-state index is 0.0519. The van der Waals surface area contributed by atoms with Gasteiger partial charge >= 0.3 is 0 Å². The van der Waals surface area contributed by atoms with Gasteiger partial charge in [0.15, 0.2) is 0 Å². The number of hydrogen-bond donors (Lipinski definition) is 1. The molecule has 1 N–H and O–H groups in total. The van der Waals surface area contributed by atoms with Gasteiger partial charge in [-0.05, 0) is 44.9 Å². The van der Waals surface area contributed by atoms with E-state index in [1.165, 1.54) is 10.9 Å². The van der Waals surface area contributed by atoms with Crippen LogP contribution < -0.4 is 0 Å². The van der Waals surface area contributed by atoms with Crippen LogP contribution in [0.1, 0.15) is 53.5 Å². The highest BCUT2D eigenvalue weighted by Gasteiger charge is 2.38. The highest BCUT2D eigenvalue weighted by Crippen LogP contribution is 2.42. The van der Waals surface area contributed by atoms with Crippen LogP contribution in [-0.4, -0.2) is 35.0 Å². The summed E-state index contributed by atoms with van der Waals surface area (Å²) in [6.45, 7) is 7.52. The Labute approximate surface area is 160 Å². The van der Waals surface area contributed by atoms with Gasteiger partial charge < -0.3 is 14.6 Å². The van der Waals surface area contributed by atoms with Crippen LogP contribution in [0.15, 0.2) is 48.5 Å². The molecule has 3 aromatic rings. The van der Waals surface area contributed by atoms with Gasteiger partial charge in [-0.25, -0.2) is 0 Å². The van der Waals surface area contributed by atoms with Crippen molar-refractivity contribution in [2.75, 3.05) is 13.2 Å². The van der Waals surface area contributed by atoms with Crippen molar-refractivity contribution in [2.45, 2.75) is 39.3 Å². The molecule has 4 heteroatoms. The van der Waals surface area contributed by atoms with Gasteiger partial charge in [-0.2, -0.15) is 0 Å². The third-order valence-corrected chi connectivity index (χ3v) is 5.27. The molecule has 4 nitrogen and oxygen atoms in total. The first-order valence-electron chi connectivity index (χ1n) is 9.66. The molecule has 1 amide bonds. The minimum Gasteiger partial charge on any atom is -0.379 e. The molecule has 1 aliphatic heterocycles. The largest absolute Gasteiger partial charge is 0.379 e. The Morgan fingerprint density at radius 2 is 1.85 bits per heavy atom. The van der Waals surface area contributed by atoms with Crippen molar-refractivity contribution in [3.8, 4) is 0 Å². The number of amides is 1. The number of carbonyl (C=O) groups excluding carboxylic acids is 1. The average molecular weight is 362 g/mol. The van der Waals surface area contributed by atoms with Crippen LogP contribution in [0.25, 0.3) is 10.9 Å². The molecule has 0 saturated carbocycles.